The lowest BCUT2D eigenvalue weighted by molar-refractivity contribution is 0.650. The predicted octanol–water partition coefficient (Wildman–Crippen LogP) is 14.9. The minimum absolute atomic E-state index is 0.548. The molecule has 0 saturated carbocycles. The molecule has 0 aliphatic carbocycles. The van der Waals surface area contributed by atoms with E-state index in [1.165, 1.54) is 38.6 Å². The minimum atomic E-state index is 0.548. The number of fused-ring (bicyclic) bond motifs is 1. The van der Waals surface area contributed by atoms with Crippen LogP contribution in [0.5, 0.6) is 0 Å². The SMILES string of the molecule is Cc1cnc(-c2cccc(N(c3cccc(-c4cc(-c5ccc(-c6ccccc6)cc5)ccn4)c3)c3ccc(CC(C)C)c4ccccc34)c2)cc1-c1ccccc1. The Bertz CT molecular complexity index is 2840. The molecule has 0 spiro atoms. The summed E-state index contributed by atoms with van der Waals surface area (Å²) in [5, 5.41) is 2.50. The predicted molar refractivity (Wildman–Crippen MR) is 245 cm³/mol. The van der Waals surface area contributed by atoms with Crippen LogP contribution in [0, 0.1) is 12.8 Å². The van der Waals surface area contributed by atoms with E-state index < -0.39 is 0 Å². The third-order valence-corrected chi connectivity index (χ3v) is 10.9. The summed E-state index contributed by atoms with van der Waals surface area (Å²) in [6.07, 6.45) is 4.93. The normalized spacial score (nSPS) is 11.2. The Morgan fingerprint density at radius 3 is 1.66 bits per heavy atom. The fourth-order valence-corrected chi connectivity index (χ4v) is 8.06. The van der Waals surface area contributed by atoms with Crippen LogP contribution in [0.1, 0.15) is 25.0 Å². The topological polar surface area (TPSA) is 29.0 Å². The number of hydrogen-bond acceptors (Lipinski definition) is 3. The third-order valence-electron chi connectivity index (χ3n) is 10.9. The van der Waals surface area contributed by atoms with Crippen LogP contribution in [0.15, 0.2) is 200 Å². The highest BCUT2D eigenvalue weighted by molar-refractivity contribution is 6.01. The van der Waals surface area contributed by atoms with Gasteiger partial charge in [-0.3, -0.25) is 9.97 Å². The summed E-state index contributed by atoms with van der Waals surface area (Å²) in [4.78, 5) is 12.2. The lowest BCUT2D eigenvalue weighted by Crippen LogP contribution is -2.11. The second-order valence-corrected chi connectivity index (χ2v) is 15.4. The van der Waals surface area contributed by atoms with Gasteiger partial charge in [-0.2, -0.15) is 0 Å². The molecule has 0 aliphatic rings. The van der Waals surface area contributed by atoms with Crippen LogP contribution in [0.3, 0.4) is 0 Å². The van der Waals surface area contributed by atoms with Crippen LogP contribution < -0.4 is 4.90 Å². The van der Waals surface area contributed by atoms with Gasteiger partial charge in [-0.25, -0.2) is 0 Å². The van der Waals surface area contributed by atoms with Gasteiger partial charge in [0.1, 0.15) is 0 Å². The Kier molecular flexibility index (Phi) is 10.2. The number of benzene rings is 7. The Balaban J connectivity index is 1.15. The number of pyridine rings is 2. The Hall–Kier alpha value is -7.10. The van der Waals surface area contributed by atoms with Crippen LogP contribution in [0.25, 0.3) is 66.7 Å². The summed E-state index contributed by atoms with van der Waals surface area (Å²) in [6, 6.07) is 67.4. The molecule has 0 N–H and O–H groups in total. The van der Waals surface area contributed by atoms with E-state index in [0.29, 0.717) is 5.92 Å². The lowest BCUT2D eigenvalue weighted by Gasteiger charge is -2.28. The van der Waals surface area contributed by atoms with Crippen LogP contribution >= 0.6 is 0 Å². The van der Waals surface area contributed by atoms with Gasteiger partial charge < -0.3 is 4.90 Å². The molecular formula is C55H45N3. The van der Waals surface area contributed by atoms with Gasteiger partial charge in [0.2, 0.25) is 0 Å². The van der Waals surface area contributed by atoms with E-state index >= 15 is 0 Å². The molecule has 0 unspecified atom stereocenters. The average Bonchev–Trinajstić information content (AvgIpc) is 3.28. The monoisotopic (exact) mass is 747 g/mol. The maximum absolute atomic E-state index is 4.95. The first-order valence-electron chi connectivity index (χ1n) is 20.1. The number of anilines is 3. The molecule has 0 fully saturated rings. The third kappa shape index (κ3) is 7.55. The molecule has 0 aliphatic heterocycles. The molecule has 9 aromatic rings. The van der Waals surface area contributed by atoms with Crippen LogP contribution in [0.2, 0.25) is 0 Å². The van der Waals surface area contributed by atoms with E-state index in [9.17, 15) is 0 Å². The van der Waals surface area contributed by atoms with Gasteiger partial charge in [0.25, 0.3) is 0 Å². The second-order valence-electron chi connectivity index (χ2n) is 15.4. The van der Waals surface area contributed by atoms with Crippen molar-refractivity contribution in [2.24, 2.45) is 5.92 Å². The maximum Gasteiger partial charge on any atom is 0.0709 e. The van der Waals surface area contributed by atoms with Gasteiger partial charge in [-0.15, -0.1) is 0 Å². The Morgan fingerprint density at radius 1 is 0.448 bits per heavy atom. The average molecular weight is 748 g/mol. The molecule has 2 heterocycles. The highest BCUT2D eigenvalue weighted by Gasteiger charge is 2.19. The number of nitrogens with zero attached hydrogens (tertiary/aromatic N) is 3. The van der Waals surface area contributed by atoms with Gasteiger partial charge >= 0.3 is 0 Å². The van der Waals surface area contributed by atoms with Crippen LogP contribution in [-0.2, 0) is 6.42 Å². The van der Waals surface area contributed by atoms with Crippen molar-refractivity contribution in [3.05, 3.63) is 212 Å². The van der Waals surface area contributed by atoms with E-state index in [1.807, 2.05) is 12.4 Å². The Labute approximate surface area is 342 Å². The number of hydrogen-bond donors (Lipinski definition) is 0. The maximum atomic E-state index is 4.95. The van der Waals surface area contributed by atoms with Crippen molar-refractivity contribution in [3.8, 4) is 55.9 Å². The van der Waals surface area contributed by atoms with E-state index in [0.717, 1.165) is 62.7 Å². The van der Waals surface area contributed by atoms with E-state index in [1.54, 1.807) is 0 Å². The molecule has 2 aromatic heterocycles. The fourth-order valence-electron chi connectivity index (χ4n) is 8.06. The van der Waals surface area contributed by atoms with Gasteiger partial charge in [0, 0.05) is 40.3 Å². The molecule has 7 aromatic carbocycles. The molecule has 280 valence electrons. The van der Waals surface area contributed by atoms with Gasteiger partial charge in [-0.05, 0) is 118 Å². The van der Waals surface area contributed by atoms with Crippen molar-refractivity contribution < 1.29 is 0 Å². The van der Waals surface area contributed by atoms with Crippen molar-refractivity contribution in [2.75, 3.05) is 4.90 Å². The zero-order chi connectivity index (χ0) is 39.4. The highest BCUT2D eigenvalue weighted by atomic mass is 15.1. The van der Waals surface area contributed by atoms with E-state index in [2.05, 4.69) is 214 Å². The van der Waals surface area contributed by atoms with Gasteiger partial charge in [0.15, 0.2) is 0 Å². The first-order chi connectivity index (χ1) is 28.5. The number of rotatable bonds is 10. The summed E-state index contributed by atoms with van der Waals surface area (Å²) in [5.74, 6) is 0.548. The summed E-state index contributed by atoms with van der Waals surface area (Å²) < 4.78 is 0. The highest BCUT2D eigenvalue weighted by Crippen LogP contribution is 2.42. The van der Waals surface area contributed by atoms with Crippen LogP contribution in [-0.4, -0.2) is 9.97 Å². The molecule has 9 rings (SSSR count). The van der Waals surface area contributed by atoms with Crippen molar-refractivity contribution in [1.29, 1.82) is 0 Å². The Morgan fingerprint density at radius 2 is 1.00 bits per heavy atom. The summed E-state index contributed by atoms with van der Waals surface area (Å²) in [7, 11) is 0. The van der Waals surface area contributed by atoms with Crippen molar-refractivity contribution in [1.82, 2.24) is 9.97 Å². The largest absolute Gasteiger partial charge is 0.310 e. The summed E-state index contributed by atoms with van der Waals surface area (Å²) in [5.41, 5.74) is 16.8. The molecule has 0 saturated heterocycles. The molecule has 58 heavy (non-hydrogen) atoms. The lowest BCUT2D eigenvalue weighted by atomic mass is 9.95. The fraction of sp³-hybridized carbons (Fsp3) is 0.0909. The molecule has 0 bridgehead atoms. The standard InChI is InChI=1S/C55H45N3/c1-38(2)32-45-28-29-55(51-23-11-10-22-50(45)51)58(49-21-13-19-47(34-49)54-36-52(39(3)37-57-54)43-16-8-5-9-17-43)48-20-12-18-46(33-48)53-35-44(30-31-56-53)42-26-24-41(25-27-42)40-14-6-4-7-15-40/h4-31,33-38H,32H2,1-3H3. The van der Waals surface area contributed by atoms with Crippen molar-refractivity contribution >= 4 is 27.8 Å². The van der Waals surface area contributed by atoms with Gasteiger partial charge in [-0.1, -0.05) is 153 Å². The minimum Gasteiger partial charge on any atom is -0.310 e. The smallest absolute Gasteiger partial charge is 0.0709 e. The summed E-state index contributed by atoms with van der Waals surface area (Å²) >= 11 is 0. The molecule has 3 nitrogen and oxygen atoms in total. The zero-order valence-electron chi connectivity index (χ0n) is 33.2. The van der Waals surface area contributed by atoms with Gasteiger partial charge in [0.05, 0.1) is 17.1 Å². The molecule has 3 heteroatoms. The summed E-state index contributed by atoms with van der Waals surface area (Å²) in [6.45, 7) is 6.71. The van der Waals surface area contributed by atoms with E-state index in [4.69, 9.17) is 9.97 Å². The van der Waals surface area contributed by atoms with Crippen LogP contribution in [0.4, 0.5) is 17.1 Å². The van der Waals surface area contributed by atoms with E-state index in [-0.39, 0.29) is 0 Å². The molecule has 0 amide bonds. The van der Waals surface area contributed by atoms with Crippen molar-refractivity contribution in [2.45, 2.75) is 27.2 Å². The first-order valence-corrected chi connectivity index (χ1v) is 20.1. The van der Waals surface area contributed by atoms with Crippen molar-refractivity contribution in [3.63, 3.8) is 0 Å². The number of aromatic nitrogens is 2. The number of aryl methyl sites for hydroxylation is 1. The second kappa shape index (κ2) is 16.2. The first kappa shape index (κ1) is 36.5. The quantitative estimate of drug-likeness (QED) is 0.139. The molecular weight excluding hydrogens is 703 g/mol. The molecule has 0 radical (unpaired) electrons. The zero-order valence-corrected chi connectivity index (χ0v) is 33.2. The molecule has 0 atom stereocenters.